The molecule has 1 aliphatic rings. The summed E-state index contributed by atoms with van der Waals surface area (Å²) in [6, 6.07) is 0. The fourth-order valence-electron chi connectivity index (χ4n) is 1.26. The van der Waals surface area contributed by atoms with Crippen molar-refractivity contribution < 1.29 is 0 Å². The highest BCUT2D eigenvalue weighted by atomic mass is 35.5. The minimum Gasteiger partial charge on any atom is -0.337 e. The van der Waals surface area contributed by atoms with E-state index in [0.717, 1.165) is 13.1 Å². The van der Waals surface area contributed by atoms with Gasteiger partial charge in [-0.3, -0.25) is 0 Å². The molecule has 1 saturated heterocycles. The SMILES string of the molecule is Cl.Cl.Cn1cncc1C1CNC1. The fraction of sp³-hybridized carbons (Fsp3) is 0.571. The molecule has 0 atom stereocenters. The van der Waals surface area contributed by atoms with Gasteiger partial charge in [-0.25, -0.2) is 4.98 Å². The number of aryl methyl sites for hydroxylation is 1. The van der Waals surface area contributed by atoms with Crippen LogP contribution >= 0.6 is 24.8 Å². The van der Waals surface area contributed by atoms with Gasteiger partial charge in [-0.2, -0.15) is 0 Å². The second-order valence-corrected chi connectivity index (χ2v) is 2.78. The molecule has 3 nitrogen and oxygen atoms in total. The van der Waals surface area contributed by atoms with E-state index in [2.05, 4.69) is 14.9 Å². The summed E-state index contributed by atoms with van der Waals surface area (Å²) in [5.41, 5.74) is 1.35. The largest absolute Gasteiger partial charge is 0.337 e. The molecule has 1 N–H and O–H groups in total. The fourth-order valence-corrected chi connectivity index (χ4v) is 1.26. The predicted molar refractivity (Wildman–Crippen MR) is 53.3 cm³/mol. The lowest BCUT2D eigenvalue weighted by Crippen LogP contribution is -2.40. The van der Waals surface area contributed by atoms with Crippen molar-refractivity contribution in [2.24, 2.45) is 7.05 Å². The third-order valence-electron chi connectivity index (χ3n) is 2.05. The molecule has 1 aromatic rings. The smallest absolute Gasteiger partial charge is 0.0945 e. The number of imidazole rings is 1. The van der Waals surface area contributed by atoms with Crippen molar-refractivity contribution in [2.45, 2.75) is 5.92 Å². The van der Waals surface area contributed by atoms with Gasteiger partial charge in [0.2, 0.25) is 0 Å². The Balaban J connectivity index is 0.000000605. The summed E-state index contributed by atoms with van der Waals surface area (Å²) in [6.07, 6.45) is 3.80. The molecule has 0 aromatic carbocycles. The number of halogens is 2. The van der Waals surface area contributed by atoms with Crippen molar-refractivity contribution >= 4 is 24.8 Å². The van der Waals surface area contributed by atoms with Gasteiger partial charge >= 0.3 is 0 Å². The molecule has 0 unspecified atom stereocenters. The topological polar surface area (TPSA) is 29.9 Å². The van der Waals surface area contributed by atoms with E-state index in [1.165, 1.54) is 5.69 Å². The van der Waals surface area contributed by atoms with Crippen LogP contribution in [0, 0.1) is 0 Å². The zero-order valence-electron chi connectivity index (χ0n) is 6.86. The number of aromatic nitrogens is 2. The maximum atomic E-state index is 4.06. The van der Waals surface area contributed by atoms with Crippen LogP contribution < -0.4 is 5.32 Å². The lowest BCUT2D eigenvalue weighted by Gasteiger charge is -2.26. The first-order valence-electron chi connectivity index (χ1n) is 3.55. The molecule has 1 aromatic heterocycles. The molecule has 0 radical (unpaired) electrons. The second kappa shape index (κ2) is 4.70. The Morgan fingerprint density at radius 1 is 1.50 bits per heavy atom. The highest BCUT2D eigenvalue weighted by molar-refractivity contribution is 5.85. The van der Waals surface area contributed by atoms with Crippen molar-refractivity contribution in [2.75, 3.05) is 13.1 Å². The summed E-state index contributed by atoms with van der Waals surface area (Å²) in [7, 11) is 2.04. The van der Waals surface area contributed by atoms with Gasteiger partial charge in [0.25, 0.3) is 0 Å². The van der Waals surface area contributed by atoms with Crippen LogP contribution in [-0.4, -0.2) is 22.6 Å². The van der Waals surface area contributed by atoms with Crippen LogP contribution in [0.25, 0.3) is 0 Å². The Labute approximate surface area is 84.4 Å². The van der Waals surface area contributed by atoms with Crippen LogP contribution in [-0.2, 0) is 7.05 Å². The molecule has 1 aliphatic heterocycles. The van der Waals surface area contributed by atoms with Gasteiger partial charge in [-0.1, -0.05) is 0 Å². The molecule has 12 heavy (non-hydrogen) atoms. The molecule has 5 heteroatoms. The van der Waals surface area contributed by atoms with Crippen molar-refractivity contribution in [1.29, 1.82) is 0 Å². The third-order valence-corrected chi connectivity index (χ3v) is 2.05. The molecule has 0 spiro atoms. The van der Waals surface area contributed by atoms with E-state index in [9.17, 15) is 0 Å². The quantitative estimate of drug-likeness (QED) is 0.747. The molecule has 2 heterocycles. The average Bonchev–Trinajstić information content (AvgIpc) is 2.12. The lowest BCUT2D eigenvalue weighted by atomic mass is 10.0. The minimum atomic E-state index is 0. The summed E-state index contributed by atoms with van der Waals surface area (Å²) < 4.78 is 2.09. The Bertz CT molecular complexity index is 232. The highest BCUT2D eigenvalue weighted by Gasteiger charge is 2.20. The summed E-state index contributed by atoms with van der Waals surface area (Å²) in [6.45, 7) is 2.22. The van der Waals surface area contributed by atoms with Crippen molar-refractivity contribution in [3.8, 4) is 0 Å². The Morgan fingerprint density at radius 3 is 2.50 bits per heavy atom. The maximum Gasteiger partial charge on any atom is 0.0945 e. The standard InChI is InChI=1S/C7H11N3.2ClH/c1-10-5-9-4-7(10)6-2-8-3-6;;/h4-6,8H,2-3H2,1H3;2*1H. The van der Waals surface area contributed by atoms with E-state index in [0.29, 0.717) is 5.92 Å². The van der Waals surface area contributed by atoms with Gasteiger partial charge in [0.05, 0.1) is 6.33 Å². The average molecular weight is 210 g/mol. The Hall–Kier alpha value is -0.250. The molecule has 70 valence electrons. The van der Waals surface area contributed by atoms with Crippen LogP contribution in [0.4, 0.5) is 0 Å². The Morgan fingerprint density at radius 2 is 2.17 bits per heavy atom. The molecule has 2 rings (SSSR count). The van der Waals surface area contributed by atoms with Gasteiger partial charge in [0.15, 0.2) is 0 Å². The lowest BCUT2D eigenvalue weighted by molar-refractivity contribution is 0.431. The first-order chi connectivity index (χ1) is 4.88. The normalized spacial score (nSPS) is 15.8. The first kappa shape index (κ1) is 11.8. The van der Waals surface area contributed by atoms with Crippen molar-refractivity contribution in [1.82, 2.24) is 14.9 Å². The molecule has 0 aliphatic carbocycles. The van der Waals surface area contributed by atoms with Crippen LogP contribution in [0.1, 0.15) is 11.6 Å². The van der Waals surface area contributed by atoms with Crippen molar-refractivity contribution in [3.05, 3.63) is 18.2 Å². The van der Waals surface area contributed by atoms with E-state index >= 15 is 0 Å². The summed E-state index contributed by atoms with van der Waals surface area (Å²) in [4.78, 5) is 4.06. The summed E-state index contributed by atoms with van der Waals surface area (Å²) in [5, 5.41) is 3.24. The summed E-state index contributed by atoms with van der Waals surface area (Å²) in [5.74, 6) is 0.701. The molecule has 0 bridgehead atoms. The Kier molecular flexibility index (Phi) is 4.60. The number of nitrogens with zero attached hydrogens (tertiary/aromatic N) is 2. The minimum absolute atomic E-state index is 0. The first-order valence-corrected chi connectivity index (χ1v) is 3.55. The van der Waals surface area contributed by atoms with Gasteiger partial charge in [-0.05, 0) is 0 Å². The monoisotopic (exact) mass is 209 g/mol. The third kappa shape index (κ3) is 1.91. The number of hydrogen-bond donors (Lipinski definition) is 1. The zero-order chi connectivity index (χ0) is 6.97. The molecule has 0 saturated carbocycles. The number of rotatable bonds is 1. The van der Waals surface area contributed by atoms with Gasteiger partial charge in [0.1, 0.15) is 0 Å². The summed E-state index contributed by atoms with van der Waals surface area (Å²) >= 11 is 0. The molecular formula is C7H13Cl2N3. The number of nitrogens with one attached hydrogen (secondary N) is 1. The van der Waals surface area contributed by atoms with Crippen LogP contribution in [0.2, 0.25) is 0 Å². The van der Waals surface area contributed by atoms with E-state index < -0.39 is 0 Å². The van der Waals surface area contributed by atoms with Crippen LogP contribution in [0.15, 0.2) is 12.5 Å². The van der Waals surface area contributed by atoms with Crippen LogP contribution in [0.5, 0.6) is 0 Å². The van der Waals surface area contributed by atoms with Crippen LogP contribution in [0.3, 0.4) is 0 Å². The van der Waals surface area contributed by atoms with E-state index in [1.807, 2.05) is 19.6 Å². The molecule has 1 fully saturated rings. The van der Waals surface area contributed by atoms with E-state index in [-0.39, 0.29) is 24.8 Å². The highest BCUT2D eigenvalue weighted by Crippen LogP contribution is 2.17. The maximum absolute atomic E-state index is 4.06. The van der Waals surface area contributed by atoms with Gasteiger partial charge < -0.3 is 9.88 Å². The van der Waals surface area contributed by atoms with Gasteiger partial charge in [-0.15, -0.1) is 24.8 Å². The van der Waals surface area contributed by atoms with E-state index in [1.54, 1.807) is 0 Å². The van der Waals surface area contributed by atoms with Crippen molar-refractivity contribution in [3.63, 3.8) is 0 Å². The molecular weight excluding hydrogens is 197 g/mol. The number of hydrogen-bond acceptors (Lipinski definition) is 2. The zero-order valence-corrected chi connectivity index (χ0v) is 8.49. The van der Waals surface area contributed by atoms with E-state index in [4.69, 9.17) is 0 Å². The second-order valence-electron chi connectivity index (χ2n) is 2.78. The predicted octanol–water partition coefficient (Wildman–Crippen LogP) is 0.950. The molecule has 0 amide bonds. The van der Waals surface area contributed by atoms with Gasteiger partial charge in [0, 0.05) is 37.9 Å².